The number of para-hydroxylation sites is 1. The average Bonchev–Trinajstić information content (AvgIpc) is 2.57. The van der Waals surface area contributed by atoms with E-state index < -0.39 is 0 Å². The van der Waals surface area contributed by atoms with Gasteiger partial charge in [0.25, 0.3) is 0 Å². The maximum Gasteiger partial charge on any atom is 0.166 e. The molecule has 4 heteroatoms. The minimum absolute atomic E-state index is 0.0569. The molecule has 0 heterocycles. The lowest BCUT2D eigenvalue weighted by atomic mass is 10.1. The van der Waals surface area contributed by atoms with E-state index in [4.69, 9.17) is 4.74 Å². The van der Waals surface area contributed by atoms with E-state index >= 15 is 0 Å². The minimum Gasteiger partial charge on any atom is -0.508 e. The summed E-state index contributed by atoms with van der Waals surface area (Å²) in [5.41, 5.74) is 1.31. The van der Waals surface area contributed by atoms with Gasteiger partial charge in [0.05, 0.1) is 13.7 Å². The van der Waals surface area contributed by atoms with E-state index in [1.54, 1.807) is 30.5 Å². The lowest BCUT2D eigenvalue weighted by Crippen LogP contribution is -1.90. The maximum atomic E-state index is 10.1. The summed E-state index contributed by atoms with van der Waals surface area (Å²) in [5, 5.41) is 22.2. The van der Waals surface area contributed by atoms with Crippen LogP contribution in [0.1, 0.15) is 11.1 Å². The van der Waals surface area contributed by atoms with Crippen molar-refractivity contribution in [2.24, 2.45) is 4.99 Å². The van der Waals surface area contributed by atoms with Crippen LogP contribution < -0.4 is 4.74 Å². The van der Waals surface area contributed by atoms with Crippen LogP contribution in [0.3, 0.4) is 0 Å². The highest BCUT2D eigenvalue weighted by atomic mass is 16.5. The lowest BCUT2D eigenvalue weighted by molar-refractivity contribution is 0.373. The third-order valence-electron chi connectivity index (χ3n) is 3.69. The first-order valence-electron chi connectivity index (χ1n) is 7.25. The molecule has 0 amide bonds. The van der Waals surface area contributed by atoms with Crippen molar-refractivity contribution in [1.29, 1.82) is 0 Å². The monoisotopic (exact) mass is 307 g/mol. The number of phenols is 2. The van der Waals surface area contributed by atoms with Crippen molar-refractivity contribution in [1.82, 2.24) is 0 Å². The Morgan fingerprint density at radius 2 is 1.74 bits per heavy atom. The van der Waals surface area contributed by atoms with Gasteiger partial charge in [-0.3, -0.25) is 4.99 Å². The molecule has 0 fully saturated rings. The van der Waals surface area contributed by atoms with Crippen LogP contribution in [0.25, 0.3) is 10.8 Å². The number of benzene rings is 3. The second kappa shape index (κ2) is 6.40. The molecule has 0 aliphatic rings. The molecule has 0 aliphatic carbocycles. The highest BCUT2D eigenvalue weighted by Crippen LogP contribution is 2.29. The van der Waals surface area contributed by atoms with Crippen LogP contribution >= 0.6 is 0 Å². The van der Waals surface area contributed by atoms with Gasteiger partial charge in [0.15, 0.2) is 11.5 Å². The zero-order valence-corrected chi connectivity index (χ0v) is 12.7. The van der Waals surface area contributed by atoms with E-state index in [2.05, 4.69) is 4.99 Å². The van der Waals surface area contributed by atoms with Crippen molar-refractivity contribution < 1.29 is 14.9 Å². The van der Waals surface area contributed by atoms with E-state index in [1.165, 1.54) is 7.11 Å². The SMILES string of the molecule is COc1cccc(C=NCc2cc3ccccc3cc2O)c1O. The van der Waals surface area contributed by atoms with Gasteiger partial charge in [-0.25, -0.2) is 0 Å². The van der Waals surface area contributed by atoms with Crippen LogP contribution in [0.5, 0.6) is 17.2 Å². The second-order valence-corrected chi connectivity index (χ2v) is 5.20. The number of aliphatic imine (C=N–C) groups is 1. The van der Waals surface area contributed by atoms with E-state index in [0.29, 0.717) is 17.9 Å². The largest absolute Gasteiger partial charge is 0.508 e. The first-order valence-corrected chi connectivity index (χ1v) is 7.25. The fourth-order valence-corrected chi connectivity index (χ4v) is 2.45. The molecule has 0 radical (unpaired) electrons. The zero-order chi connectivity index (χ0) is 16.2. The Hall–Kier alpha value is -3.01. The predicted octanol–water partition coefficient (Wildman–Crippen LogP) is 3.88. The summed E-state index contributed by atoms with van der Waals surface area (Å²) in [4.78, 5) is 4.32. The van der Waals surface area contributed by atoms with Crippen molar-refractivity contribution >= 4 is 17.0 Å². The molecule has 0 aliphatic heterocycles. The van der Waals surface area contributed by atoms with E-state index in [9.17, 15) is 10.2 Å². The predicted molar refractivity (Wildman–Crippen MR) is 91.6 cm³/mol. The molecule has 0 bridgehead atoms. The van der Waals surface area contributed by atoms with Gasteiger partial charge < -0.3 is 14.9 Å². The van der Waals surface area contributed by atoms with Gasteiger partial charge in [0.2, 0.25) is 0 Å². The molecular weight excluding hydrogens is 290 g/mol. The molecule has 0 unspecified atom stereocenters. The normalized spacial score (nSPS) is 11.2. The maximum absolute atomic E-state index is 10.1. The molecule has 3 aromatic rings. The molecule has 0 saturated heterocycles. The molecule has 0 aromatic heterocycles. The van der Waals surface area contributed by atoms with E-state index in [-0.39, 0.29) is 11.5 Å². The zero-order valence-electron chi connectivity index (χ0n) is 12.7. The Balaban J connectivity index is 1.84. The molecular formula is C19H17NO3. The fourth-order valence-electron chi connectivity index (χ4n) is 2.45. The van der Waals surface area contributed by atoms with Gasteiger partial charge in [0, 0.05) is 17.3 Å². The second-order valence-electron chi connectivity index (χ2n) is 5.20. The summed E-state index contributed by atoms with van der Waals surface area (Å²) < 4.78 is 5.07. The molecule has 3 aromatic carbocycles. The summed E-state index contributed by atoms with van der Waals surface area (Å²) >= 11 is 0. The Kier molecular flexibility index (Phi) is 4.15. The van der Waals surface area contributed by atoms with Crippen LogP contribution in [0.2, 0.25) is 0 Å². The van der Waals surface area contributed by atoms with Crippen LogP contribution in [-0.2, 0) is 6.54 Å². The number of fused-ring (bicyclic) bond motifs is 1. The van der Waals surface area contributed by atoms with E-state index in [1.807, 2.05) is 30.3 Å². The van der Waals surface area contributed by atoms with Gasteiger partial charge in [0.1, 0.15) is 5.75 Å². The van der Waals surface area contributed by atoms with Gasteiger partial charge in [-0.15, -0.1) is 0 Å². The fraction of sp³-hybridized carbons (Fsp3) is 0.105. The Bertz CT molecular complexity index is 872. The number of hydrogen-bond donors (Lipinski definition) is 2. The number of ether oxygens (including phenoxy) is 1. The average molecular weight is 307 g/mol. The summed E-state index contributed by atoms with van der Waals surface area (Å²) in [6.07, 6.45) is 1.58. The number of rotatable bonds is 4. The molecule has 0 saturated carbocycles. The van der Waals surface area contributed by atoms with Gasteiger partial charge in [-0.05, 0) is 35.0 Å². The van der Waals surface area contributed by atoms with Gasteiger partial charge in [-0.1, -0.05) is 30.3 Å². The Morgan fingerprint density at radius 1 is 1.00 bits per heavy atom. The Labute approximate surface area is 134 Å². The van der Waals surface area contributed by atoms with Crippen LogP contribution in [-0.4, -0.2) is 23.5 Å². The number of hydrogen-bond acceptors (Lipinski definition) is 4. The number of phenolic OH excluding ortho intramolecular Hbond substituents is 2. The van der Waals surface area contributed by atoms with Crippen LogP contribution in [0, 0.1) is 0 Å². The lowest BCUT2D eigenvalue weighted by Gasteiger charge is -2.06. The van der Waals surface area contributed by atoms with Crippen molar-refractivity contribution in [2.75, 3.05) is 7.11 Å². The van der Waals surface area contributed by atoms with Crippen molar-refractivity contribution in [3.8, 4) is 17.2 Å². The Morgan fingerprint density at radius 3 is 2.48 bits per heavy atom. The topological polar surface area (TPSA) is 62.0 Å². The molecule has 3 rings (SSSR count). The van der Waals surface area contributed by atoms with Crippen molar-refractivity contribution in [3.05, 3.63) is 65.7 Å². The van der Waals surface area contributed by atoms with Crippen molar-refractivity contribution in [3.63, 3.8) is 0 Å². The molecule has 0 spiro atoms. The van der Waals surface area contributed by atoms with E-state index in [0.717, 1.165) is 16.3 Å². The molecule has 2 N–H and O–H groups in total. The van der Waals surface area contributed by atoms with Crippen LogP contribution in [0.4, 0.5) is 0 Å². The summed E-state index contributed by atoms with van der Waals surface area (Å²) in [5.74, 6) is 0.680. The summed E-state index contributed by atoms with van der Waals surface area (Å²) in [6, 6.07) is 16.7. The number of nitrogens with zero attached hydrogens (tertiary/aromatic N) is 1. The third kappa shape index (κ3) is 3.11. The smallest absolute Gasteiger partial charge is 0.166 e. The van der Waals surface area contributed by atoms with Crippen molar-refractivity contribution in [2.45, 2.75) is 6.54 Å². The quantitative estimate of drug-likeness (QED) is 0.719. The van der Waals surface area contributed by atoms with Gasteiger partial charge in [-0.2, -0.15) is 0 Å². The van der Waals surface area contributed by atoms with Gasteiger partial charge >= 0.3 is 0 Å². The minimum atomic E-state index is 0.0569. The number of methoxy groups -OCH3 is 1. The highest BCUT2D eigenvalue weighted by molar-refractivity contribution is 5.86. The summed E-state index contributed by atoms with van der Waals surface area (Å²) in [6.45, 7) is 0.327. The molecule has 23 heavy (non-hydrogen) atoms. The molecule has 4 nitrogen and oxygen atoms in total. The highest BCUT2D eigenvalue weighted by Gasteiger charge is 2.06. The first kappa shape index (κ1) is 14.9. The molecule has 116 valence electrons. The summed E-state index contributed by atoms with van der Waals surface area (Å²) in [7, 11) is 1.50. The first-order chi connectivity index (χ1) is 11.2. The standard InChI is InChI=1S/C19H17NO3/c1-23-18-8-4-7-15(19(18)22)11-20-12-16-9-13-5-2-3-6-14(13)10-17(16)21/h2-11,21-22H,12H2,1H3. The number of aromatic hydroxyl groups is 2. The third-order valence-corrected chi connectivity index (χ3v) is 3.69. The molecule has 0 atom stereocenters. The van der Waals surface area contributed by atoms with Crippen LogP contribution in [0.15, 0.2) is 59.6 Å².